The van der Waals surface area contributed by atoms with Gasteiger partial charge in [-0.15, -0.1) is 0 Å². The average Bonchev–Trinajstić information content (AvgIpc) is 3.04. The SMILES string of the molecule is CC(C)(C)OC(=O)NC1CCC(OCCCNCc2ccoc2)CC1. The molecule has 1 fully saturated rings. The van der Waals surface area contributed by atoms with Gasteiger partial charge in [-0.3, -0.25) is 0 Å². The van der Waals surface area contributed by atoms with Crippen LogP contribution in [0.5, 0.6) is 0 Å². The van der Waals surface area contributed by atoms with Crippen LogP contribution in [0.3, 0.4) is 0 Å². The van der Waals surface area contributed by atoms with Crippen molar-refractivity contribution in [1.29, 1.82) is 0 Å². The maximum absolute atomic E-state index is 11.8. The Bertz CT molecular complexity index is 488. The first-order chi connectivity index (χ1) is 11.9. The topological polar surface area (TPSA) is 72.7 Å². The van der Waals surface area contributed by atoms with Crippen LogP contribution in [0.2, 0.25) is 0 Å². The van der Waals surface area contributed by atoms with E-state index >= 15 is 0 Å². The Morgan fingerprint density at radius 1 is 1.28 bits per heavy atom. The number of alkyl carbamates (subject to hydrolysis) is 1. The van der Waals surface area contributed by atoms with E-state index in [4.69, 9.17) is 13.9 Å². The lowest BCUT2D eigenvalue weighted by Gasteiger charge is -2.30. The number of carbonyl (C=O) groups is 1. The van der Waals surface area contributed by atoms with Gasteiger partial charge in [-0.25, -0.2) is 4.79 Å². The van der Waals surface area contributed by atoms with E-state index in [0.29, 0.717) is 6.10 Å². The van der Waals surface area contributed by atoms with Gasteiger partial charge in [0.25, 0.3) is 0 Å². The molecule has 6 nitrogen and oxygen atoms in total. The quantitative estimate of drug-likeness (QED) is 0.699. The molecule has 6 heteroatoms. The summed E-state index contributed by atoms with van der Waals surface area (Å²) >= 11 is 0. The molecule has 1 aromatic heterocycles. The molecule has 1 aromatic rings. The van der Waals surface area contributed by atoms with E-state index in [1.165, 1.54) is 0 Å². The molecule has 0 spiro atoms. The van der Waals surface area contributed by atoms with Gasteiger partial charge in [0.05, 0.1) is 18.6 Å². The summed E-state index contributed by atoms with van der Waals surface area (Å²) < 4.78 is 16.3. The first kappa shape index (κ1) is 19.8. The Labute approximate surface area is 150 Å². The normalized spacial score (nSPS) is 21.1. The molecule has 0 aliphatic heterocycles. The van der Waals surface area contributed by atoms with Gasteiger partial charge < -0.3 is 24.5 Å². The number of amides is 1. The average molecular weight is 352 g/mol. The second-order valence-electron chi connectivity index (χ2n) is 7.65. The fourth-order valence-electron chi connectivity index (χ4n) is 2.92. The Hall–Kier alpha value is -1.53. The molecule has 2 rings (SSSR count). The molecule has 2 N–H and O–H groups in total. The zero-order valence-corrected chi connectivity index (χ0v) is 15.7. The molecule has 0 atom stereocenters. The molecule has 1 heterocycles. The number of rotatable bonds is 8. The lowest BCUT2D eigenvalue weighted by Crippen LogP contribution is -2.41. The molecule has 0 saturated heterocycles. The van der Waals surface area contributed by atoms with E-state index in [-0.39, 0.29) is 12.1 Å². The highest BCUT2D eigenvalue weighted by Crippen LogP contribution is 2.21. The summed E-state index contributed by atoms with van der Waals surface area (Å²) in [5.41, 5.74) is 0.715. The molecule has 0 radical (unpaired) electrons. The third kappa shape index (κ3) is 8.40. The summed E-state index contributed by atoms with van der Waals surface area (Å²) in [5, 5.41) is 6.33. The minimum absolute atomic E-state index is 0.200. The van der Waals surface area contributed by atoms with Crippen LogP contribution in [0.4, 0.5) is 4.79 Å². The summed E-state index contributed by atoms with van der Waals surface area (Å²) in [6, 6.07) is 2.17. The van der Waals surface area contributed by atoms with Crippen molar-refractivity contribution < 1.29 is 18.7 Å². The number of ether oxygens (including phenoxy) is 2. The summed E-state index contributed by atoms with van der Waals surface area (Å²) in [6.07, 6.45) is 8.30. The first-order valence-corrected chi connectivity index (χ1v) is 9.25. The van der Waals surface area contributed by atoms with Gasteiger partial charge in [0.2, 0.25) is 0 Å². The Balaban J connectivity index is 1.48. The van der Waals surface area contributed by atoms with Gasteiger partial charge in [0.15, 0.2) is 0 Å². The lowest BCUT2D eigenvalue weighted by molar-refractivity contribution is 0.0171. The molecule has 0 bridgehead atoms. The maximum Gasteiger partial charge on any atom is 0.407 e. The Morgan fingerprint density at radius 3 is 2.68 bits per heavy atom. The zero-order chi connectivity index (χ0) is 18.1. The van der Waals surface area contributed by atoms with Gasteiger partial charge in [-0.2, -0.15) is 0 Å². The van der Waals surface area contributed by atoms with Gasteiger partial charge in [0, 0.05) is 24.8 Å². The Kier molecular flexibility index (Phi) is 7.78. The van der Waals surface area contributed by atoms with Gasteiger partial charge in [0.1, 0.15) is 5.60 Å². The van der Waals surface area contributed by atoms with Gasteiger partial charge in [-0.05, 0) is 65.5 Å². The van der Waals surface area contributed by atoms with Crippen LogP contribution in [0, 0.1) is 0 Å². The van der Waals surface area contributed by atoms with E-state index < -0.39 is 5.60 Å². The van der Waals surface area contributed by atoms with Gasteiger partial charge in [-0.1, -0.05) is 0 Å². The number of carbonyl (C=O) groups excluding carboxylic acids is 1. The van der Waals surface area contributed by atoms with E-state index in [1.54, 1.807) is 12.5 Å². The molecule has 142 valence electrons. The highest BCUT2D eigenvalue weighted by Gasteiger charge is 2.24. The van der Waals surface area contributed by atoms with Crippen molar-refractivity contribution in [2.24, 2.45) is 0 Å². The fourth-order valence-corrected chi connectivity index (χ4v) is 2.92. The fraction of sp³-hybridized carbons (Fsp3) is 0.737. The molecule has 25 heavy (non-hydrogen) atoms. The predicted octanol–water partition coefficient (Wildman–Crippen LogP) is 3.61. The molecular weight excluding hydrogens is 320 g/mol. The summed E-state index contributed by atoms with van der Waals surface area (Å²) in [5.74, 6) is 0. The van der Waals surface area contributed by atoms with Crippen molar-refractivity contribution in [2.75, 3.05) is 13.2 Å². The monoisotopic (exact) mass is 352 g/mol. The molecule has 0 unspecified atom stereocenters. The van der Waals surface area contributed by atoms with Crippen LogP contribution in [-0.4, -0.2) is 37.0 Å². The van der Waals surface area contributed by atoms with Crippen LogP contribution in [0.15, 0.2) is 23.0 Å². The highest BCUT2D eigenvalue weighted by atomic mass is 16.6. The van der Waals surface area contributed by atoms with Crippen LogP contribution >= 0.6 is 0 Å². The van der Waals surface area contributed by atoms with Gasteiger partial charge >= 0.3 is 6.09 Å². The number of hydrogen-bond acceptors (Lipinski definition) is 5. The molecule has 0 aromatic carbocycles. The van der Waals surface area contributed by atoms with Crippen molar-refractivity contribution in [3.8, 4) is 0 Å². The molecule has 1 aliphatic rings. The molecular formula is C19H32N2O4. The van der Waals surface area contributed by atoms with E-state index in [1.807, 2.05) is 26.8 Å². The summed E-state index contributed by atoms with van der Waals surface area (Å²) in [7, 11) is 0. The Morgan fingerprint density at radius 2 is 2.04 bits per heavy atom. The second kappa shape index (κ2) is 9.82. The minimum atomic E-state index is -0.448. The van der Waals surface area contributed by atoms with Crippen molar-refractivity contribution in [1.82, 2.24) is 10.6 Å². The van der Waals surface area contributed by atoms with E-state index in [0.717, 1.165) is 57.4 Å². The van der Waals surface area contributed by atoms with Crippen molar-refractivity contribution in [2.45, 2.75) is 77.2 Å². The van der Waals surface area contributed by atoms with Crippen molar-refractivity contribution >= 4 is 6.09 Å². The van der Waals surface area contributed by atoms with Crippen LogP contribution < -0.4 is 10.6 Å². The summed E-state index contributed by atoms with van der Waals surface area (Å²) in [4.78, 5) is 11.8. The van der Waals surface area contributed by atoms with Crippen LogP contribution in [0.25, 0.3) is 0 Å². The van der Waals surface area contributed by atoms with Crippen molar-refractivity contribution in [3.05, 3.63) is 24.2 Å². The van der Waals surface area contributed by atoms with Crippen LogP contribution in [0.1, 0.15) is 58.4 Å². The van der Waals surface area contributed by atoms with E-state index in [2.05, 4.69) is 10.6 Å². The second-order valence-corrected chi connectivity index (χ2v) is 7.65. The first-order valence-electron chi connectivity index (χ1n) is 9.25. The lowest BCUT2D eigenvalue weighted by atomic mass is 9.93. The third-order valence-electron chi connectivity index (χ3n) is 4.16. The predicted molar refractivity (Wildman–Crippen MR) is 96.4 cm³/mol. The highest BCUT2D eigenvalue weighted by molar-refractivity contribution is 5.68. The smallest absolute Gasteiger partial charge is 0.407 e. The summed E-state index contributed by atoms with van der Waals surface area (Å²) in [6.45, 7) is 8.16. The standard InChI is InChI=1S/C19H32N2O4/c1-19(2,3)25-18(22)21-16-5-7-17(8-6-16)24-11-4-10-20-13-15-9-12-23-14-15/h9,12,14,16-17,20H,4-8,10-11,13H2,1-3H3,(H,21,22). The largest absolute Gasteiger partial charge is 0.472 e. The zero-order valence-electron chi connectivity index (χ0n) is 15.7. The van der Waals surface area contributed by atoms with Crippen molar-refractivity contribution in [3.63, 3.8) is 0 Å². The number of furan rings is 1. The van der Waals surface area contributed by atoms with Crippen LogP contribution in [-0.2, 0) is 16.0 Å². The molecule has 1 amide bonds. The third-order valence-corrected chi connectivity index (χ3v) is 4.16. The van der Waals surface area contributed by atoms with E-state index in [9.17, 15) is 4.79 Å². The molecule has 1 aliphatic carbocycles. The number of nitrogens with one attached hydrogen (secondary N) is 2. The number of hydrogen-bond donors (Lipinski definition) is 2. The maximum atomic E-state index is 11.8. The molecule has 1 saturated carbocycles. The minimum Gasteiger partial charge on any atom is -0.472 e.